The second kappa shape index (κ2) is 4.97. The molecule has 0 saturated carbocycles. The molecule has 0 spiro atoms. The molecule has 0 saturated heterocycles. The van der Waals surface area contributed by atoms with Gasteiger partial charge in [-0.1, -0.05) is 6.07 Å². The highest BCUT2D eigenvalue weighted by molar-refractivity contribution is 7.12. The van der Waals surface area contributed by atoms with Crippen molar-refractivity contribution in [2.45, 2.75) is 50.5 Å². The fourth-order valence-corrected chi connectivity index (χ4v) is 4.99. The van der Waals surface area contributed by atoms with Crippen LogP contribution >= 0.6 is 11.3 Å². The van der Waals surface area contributed by atoms with Gasteiger partial charge in [0.25, 0.3) is 0 Å². The van der Waals surface area contributed by atoms with Gasteiger partial charge in [0.15, 0.2) is 0 Å². The molecule has 2 aromatic heterocycles. The number of aryl methyl sites for hydroxylation is 3. The van der Waals surface area contributed by atoms with E-state index in [1.54, 1.807) is 10.4 Å². The van der Waals surface area contributed by atoms with Crippen LogP contribution < -0.4 is 5.73 Å². The topological polar surface area (TPSA) is 38.9 Å². The molecule has 2 atom stereocenters. The molecule has 2 aromatic rings. The number of aromatic nitrogens is 1. The van der Waals surface area contributed by atoms with Crippen LogP contribution in [0.3, 0.4) is 0 Å². The fraction of sp³-hybridized carbons (Fsp3) is 0.471. The summed E-state index contributed by atoms with van der Waals surface area (Å²) in [5, 5.41) is 0. The molecule has 2 nitrogen and oxygen atoms in total. The van der Waals surface area contributed by atoms with Gasteiger partial charge < -0.3 is 5.73 Å². The molecular weight excluding hydrogens is 264 g/mol. The number of thiophene rings is 1. The van der Waals surface area contributed by atoms with Crippen molar-refractivity contribution in [3.05, 3.63) is 51.0 Å². The highest BCUT2D eigenvalue weighted by Crippen LogP contribution is 2.42. The average molecular weight is 284 g/mol. The van der Waals surface area contributed by atoms with Crippen molar-refractivity contribution in [1.29, 1.82) is 0 Å². The summed E-state index contributed by atoms with van der Waals surface area (Å²) in [6.45, 7) is 0. The molecule has 0 amide bonds. The van der Waals surface area contributed by atoms with E-state index in [9.17, 15) is 0 Å². The van der Waals surface area contributed by atoms with E-state index >= 15 is 0 Å². The van der Waals surface area contributed by atoms with Crippen molar-refractivity contribution in [3.63, 3.8) is 0 Å². The Kier molecular flexibility index (Phi) is 3.12. The second-order valence-electron chi connectivity index (χ2n) is 6.02. The summed E-state index contributed by atoms with van der Waals surface area (Å²) in [6.07, 6.45) is 9.37. The predicted octanol–water partition coefficient (Wildman–Crippen LogP) is 3.75. The molecule has 0 fully saturated rings. The quantitative estimate of drug-likeness (QED) is 0.912. The Bertz CT molecular complexity index is 608. The number of pyridine rings is 1. The van der Waals surface area contributed by atoms with Crippen molar-refractivity contribution in [2.24, 2.45) is 5.73 Å². The van der Waals surface area contributed by atoms with E-state index in [0.29, 0.717) is 5.92 Å². The summed E-state index contributed by atoms with van der Waals surface area (Å²) in [4.78, 5) is 7.55. The van der Waals surface area contributed by atoms with Crippen LogP contribution in [0.2, 0.25) is 0 Å². The molecule has 2 aliphatic rings. The van der Waals surface area contributed by atoms with Crippen LogP contribution in [0.15, 0.2) is 24.4 Å². The minimum absolute atomic E-state index is 0.127. The van der Waals surface area contributed by atoms with Gasteiger partial charge in [0, 0.05) is 33.6 Å². The van der Waals surface area contributed by atoms with E-state index in [0.717, 1.165) is 12.8 Å². The summed E-state index contributed by atoms with van der Waals surface area (Å²) in [5.74, 6) is 0.409. The largest absolute Gasteiger partial charge is 0.323 e. The Morgan fingerprint density at radius 2 is 2.10 bits per heavy atom. The van der Waals surface area contributed by atoms with Gasteiger partial charge in [-0.05, 0) is 61.8 Å². The molecule has 20 heavy (non-hydrogen) atoms. The molecule has 2 unspecified atom stereocenters. The van der Waals surface area contributed by atoms with Gasteiger partial charge in [-0.25, -0.2) is 0 Å². The fourth-order valence-electron chi connectivity index (χ4n) is 3.67. The van der Waals surface area contributed by atoms with Crippen LogP contribution in [0.5, 0.6) is 0 Å². The maximum absolute atomic E-state index is 6.60. The van der Waals surface area contributed by atoms with E-state index in [4.69, 9.17) is 5.73 Å². The number of nitrogens with zero attached hydrogens (tertiary/aromatic N) is 1. The first-order valence-electron chi connectivity index (χ1n) is 7.64. The van der Waals surface area contributed by atoms with Crippen molar-refractivity contribution in [2.75, 3.05) is 0 Å². The van der Waals surface area contributed by atoms with Gasteiger partial charge in [0.2, 0.25) is 0 Å². The van der Waals surface area contributed by atoms with Gasteiger partial charge in [-0.2, -0.15) is 0 Å². The molecule has 2 aliphatic carbocycles. The minimum Gasteiger partial charge on any atom is -0.323 e. The van der Waals surface area contributed by atoms with Crippen molar-refractivity contribution in [3.8, 4) is 0 Å². The lowest BCUT2D eigenvalue weighted by Crippen LogP contribution is -2.17. The average Bonchev–Trinajstić information content (AvgIpc) is 3.10. The van der Waals surface area contributed by atoms with E-state index in [1.807, 2.05) is 23.6 Å². The molecular formula is C17H20N2S. The third-order valence-electron chi connectivity index (χ3n) is 4.78. The van der Waals surface area contributed by atoms with Gasteiger partial charge in [0.05, 0.1) is 0 Å². The number of hydrogen-bond acceptors (Lipinski definition) is 3. The Labute approximate surface area is 124 Å². The molecule has 0 bridgehead atoms. The second-order valence-corrected chi connectivity index (χ2v) is 7.19. The molecule has 0 aromatic carbocycles. The number of nitrogens with two attached hydrogens (primary N) is 1. The van der Waals surface area contributed by atoms with Crippen molar-refractivity contribution in [1.82, 2.24) is 4.98 Å². The zero-order chi connectivity index (χ0) is 13.5. The number of hydrogen-bond donors (Lipinski definition) is 1. The van der Waals surface area contributed by atoms with Crippen LogP contribution in [-0.2, 0) is 19.3 Å². The first-order valence-corrected chi connectivity index (χ1v) is 8.45. The van der Waals surface area contributed by atoms with E-state index < -0.39 is 0 Å². The predicted molar refractivity (Wildman–Crippen MR) is 83.2 cm³/mol. The number of rotatable bonds is 2. The Morgan fingerprint density at radius 3 is 3.00 bits per heavy atom. The summed E-state index contributed by atoms with van der Waals surface area (Å²) in [6, 6.07) is 6.75. The highest BCUT2D eigenvalue weighted by Gasteiger charge is 2.31. The summed E-state index contributed by atoms with van der Waals surface area (Å²) in [5.41, 5.74) is 10.8. The summed E-state index contributed by atoms with van der Waals surface area (Å²) < 4.78 is 0. The van der Waals surface area contributed by atoms with Crippen LogP contribution in [0.4, 0.5) is 0 Å². The Hall–Kier alpha value is -1.19. The summed E-state index contributed by atoms with van der Waals surface area (Å²) >= 11 is 1.95. The lowest BCUT2D eigenvalue weighted by atomic mass is 9.94. The number of fused-ring (bicyclic) bond motifs is 2. The van der Waals surface area contributed by atoms with E-state index in [2.05, 4.69) is 17.1 Å². The third kappa shape index (κ3) is 2.00. The zero-order valence-corrected chi connectivity index (χ0v) is 12.5. The standard InChI is InChI=1S/C17H20N2S/c18-16(13-8-7-11-5-3-9-19-17(11)13)15-10-12-4-1-2-6-14(12)20-15/h3,5,9-10,13,16H,1-2,4,6-8,18H2. The molecule has 2 heterocycles. The highest BCUT2D eigenvalue weighted by atomic mass is 32.1. The summed E-state index contributed by atoms with van der Waals surface area (Å²) in [7, 11) is 0. The smallest absolute Gasteiger partial charge is 0.0485 e. The lowest BCUT2D eigenvalue weighted by Gasteiger charge is -2.18. The first-order chi connectivity index (χ1) is 9.83. The van der Waals surface area contributed by atoms with Crippen LogP contribution in [-0.4, -0.2) is 4.98 Å². The van der Waals surface area contributed by atoms with Crippen molar-refractivity contribution >= 4 is 11.3 Å². The molecule has 0 radical (unpaired) electrons. The minimum atomic E-state index is 0.127. The van der Waals surface area contributed by atoms with Crippen LogP contribution in [0, 0.1) is 0 Å². The lowest BCUT2D eigenvalue weighted by molar-refractivity contribution is 0.548. The van der Waals surface area contributed by atoms with Crippen LogP contribution in [0.25, 0.3) is 0 Å². The van der Waals surface area contributed by atoms with Gasteiger partial charge in [-0.15, -0.1) is 11.3 Å². The monoisotopic (exact) mass is 284 g/mol. The zero-order valence-electron chi connectivity index (χ0n) is 11.6. The van der Waals surface area contributed by atoms with Gasteiger partial charge in [-0.3, -0.25) is 4.98 Å². The molecule has 0 aliphatic heterocycles. The van der Waals surface area contributed by atoms with Gasteiger partial charge in [0.1, 0.15) is 0 Å². The van der Waals surface area contributed by atoms with Gasteiger partial charge >= 0.3 is 0 Å². The third-order valence-corrected chi connectivity index (χ3v) is 6.12. The molecule has 104 valence electrons. The first kappa shape index (κ1) is 12.5. The van der Waals surface area contributed by atoms with Crippen LogP contribution in [0.1, 0.15) is 57.8 Å². The Morgan fingerprint density at radius 1 is 1.20 bits per heavy atom. The maximum atomic E-state index is 6.60. The van der Waals surface area contributed by atoms with E-state index in [-0.39, 0.29) is 6.04 Å². The molecule has 4 rings (SSSR count). The van der Waals surface area contributed by atoms with Crippen molar-refractivity contribution < 1.29 is 0 Å². The maximum Gasteiger partial charge on any atom is 0.0485 e. The molecule has 3 heteroatoms. The Balaban J connectivity index is 1.65. The normalized spacial score (nSPS) is 22.4. The molecule has 2 N–H and O–H groups in total. The SMILES string of the molecule is NC(c1cc2c(s1)CCCC2)C1CCc2cccnc21. The van der Waals surface area contributed by atoms with E-state index in [1.165, 1.54) is 41.8 Å².